The molecule has 1 aromatic carbocycles. The van der Waals surface area contributed by atoms with E-state index in [1.54, 1.807) is 6.07 Å². The molecule has 6 heteroatoms. The van der Waals surface area contributed by atoms with Crippen LogP contribution in [0.5, 0.6) is 0 Å². The quantitative estimate of drug-likeness (QED) is 0.835. The molecule has 5 nitrogen and oxygen atoms in total. The second-order valence-electron chi connectivity index (χ2n) is 3.30. The van der Waals surface area contributed by atoms with E-state index < -0.39 is 29.7 Å². The number of carboxylic acids is 1. The summed E-state index contributed by atoms with van der Waals surface area (Å²) in [5, 5.41) is 19.4. The molecule has 1 rings (SSSR count). The minimum Gasteiger partial charge on any atom is -0.478 e. The number of aryl methyl sites for hydroxylation is 1. The van der Waals surface area contributed by atoms with E-state index in [4.69, 9.17) is 10.4 Å². The second kappa shape index (κ2) is 5.07. The SMILES string of the molecule is Cc1ccc(F)c(C(=O)O)c1NC(=O)CC#N. The van der Waals surface area contributed by atoms with Gasteiger partial charge in [0, 0.05) is 0 Å². The van der Waals surface area contributed by atoms with Crippen molar-refractivity contribution in [3.63, 3.8) is 0 Å². The molecule has 0 spiro atoms. The molecule has 88 valence electrons. The zero-order chi connectivity index (χ0) is 13.0. The van der Waals surface area contributed by atoms with Crippen molar-refractivity contribution in [1.29, 1.82) is 5.26 Å². The topological polar surface area (TPSA) is 90.2 Å². The third-order valence-corrected chi connectivity index (χ3v) is 2.08. The highest BCUT2D eigenvalue weighted by Gasteiger charge is 2.19. The van der Waals surface area contributed by atoms with Crippen LogP contribution in [0.25, 0.3) is 0 Å². The molecule has 17 heavy (non-hydrogen) atoms. The molecular weight excluding hydrogens is 227 g/mol. The van der Waals surface area contributed by atoms with Gasteiger partial charge in [0.1, 0.15) is 17.8 Å². The summed E-state index contributed by atoms with van der Waals surface area (Å²) in [4.78, 5) is 22.1. The van der Waals surface area contributed by atoms with Gasteiger partial charge in [0.15, 0.2) is 0 Å². The molecule has 0 saturated carbocycles. The number of carbonyl (C=O) groups is 2. The predicted molar refractivity (Wildman–Crippen MR) is 57.0 cm³/mol. The van der Waals surface area contributed by atoms with Gasteiger partial charge in [-0.2, -0.15) is 5.26 Å². The van der Waals surface area contributed by atoms with Crippen LogP contribution in [0.4, 0.5) is 10.1 Å². The smallest absolute Gasteiger partial charge is 0.340 e. The second-order valence-corrected chi connectivity index (χ2v) is 3.30. The molecule has 2 N–H and O–H groups in total. The van der Waals surface area contributed by atoms with Crippen molar-refractivity contribution in [2.45, 2.75) is 13.3 Å². The van der Waals surface area contributed by atoms with Gasteiger partial charge in [0.25, 0.3) is 0 Å². The average molecular weight is 236 g/mol. The first-order valence-electron chi connectivity index (χ1n) is 4.66. The molecule has 0 aliphatic rings. The Hall–Kier alpha value is -2.42. The van der Waals surface area contributed by atoms with Crippen molar-refractivity contribution in [3.05, 3.63) is 29.1 Å². The minimum atomic E-state index is -1.47. The van der Waals surface area contributed by atoms with Crippen LogP contribution < -0.4 is 5.32 Å². The minimum absolute atomic E-state index is 0.113. The van der Waals surface area contributed by atoms with Crippen LogP contribution in [0.15, 0.2) is 12.1 Å². The third kappa shape index (κ3) is 2.78. The summed E-state index contributed by atoms with van der Waals surface area (Å²) >= 11 is 0. The van der Waals surface area contributed by atoms with Crippen molar-refractivity contribution in [3.8, 4) is 6.07 Å². The van der Waals surface area contributed by atoms with Crippen molar-refractivity contribution in [1.82, 2.24) is 0 Å². The summed E-state index contributed by atoms with van der Waals surface area (Å²) < 4.78 is 13.3. The third-order valence-electron chi connectivity index (χ3n) is 2.08. The van der Waals surface area contributed by atoms with Crippen LogP contribution in [-0.2, 0) is 4.79 Å². The van der Waals surface area contributed by atoms with E-state index in [0.29, 0.717) is 5.56 Å². The number of anilines is 1. The van der Waals surface area contributed by atoms with Crippen LogP contribution in [0.1, 0.15) is 22.3 Å². The lowest BCUT2D eigenvalue weighted by molar-refractivity contribution is -0.115. The first-order valence-corrected chi connectivity index (χ1v) is 4.66. The van der Waals surface area contributed by atoms with Gasteiger partial charge in [-0.15, -0.1) is 0 Å². The molecule has 0 aromatic heterocycles. The van der Waals surface area contributed by atoms with Crippen LogP contribution in [0.3, 0.4) is 0 Å². The van der Waals surface area contributed by atoms with Gasteiger partial charge in [-0.3, -0.25) is 4.79 Å². The molecular formula is C11H9FN2O3. The van der Waals surface area contributed by atoms with Gasteiger partial charge >= 0.3 is 5.97 Å². The van der Waals surface area contributed by atoms with E-state index in [1.807, 2.05) is 0 Å². The number of aromatic carboxylic acids is 1. The van der Waals surface area contributed by atoms with Crippen molar-refractivity contribution < 1.29 is 19.1 Å². The number of nitrogens with one attached hydrogen (secondary N) is 1. The predicted octanol–water partition coefficient (Wildman–Crippen LogP) is 1.68. The van der Waals surface area contributed by atoms with E-state index in [-0.39, 0.29) is 5.69 Å². The van der Waals surface area contributed by atoms with E-state index in [0.717, 1.165) is 6.07 Å². The van der Waals surface area contributed by atoms with E-state index in [9.17, 15) is 14.0 Å². The number of halogens is 1. The molecule has 0 fully saturated rings. The van der Waals surface area contributed by atoms with E-state index in [2.05, 4.69) is 5.32 Å². The zero-order valence-electron chi connectivity index (χ0n) is 8.95. The van der Waals surface area contributed by atoms with Crippen molar-refractivity contribution in [2.24, 2.45) is 0 Å². The Bertz CT molecular complexity index is 520. The standard InChI is InChI=1S/C11H9FN2O3/c1-6-2-3-7(12)9(11(16)17)10(6)14-8(15)4-5-13/h2-3H,4H2,1H3,(H,14,15)(H,16,17). The van der Waals surface area contributed by atoms with Crippen LogP contribution in [-0.4, -0.2) is 17.0 Å². The maximum atomic E-state index is 13.3. The van der Waals surface area contributed by atoms with Crippen LogP contribution in [0, 0.1) is 24.1 Å². The van der Waals surface area contributed by atoms with Gasteiger partial charge in [-0.05, 0) is 18.6 Å². The van der Waals surface area contributed by atoms with E-state index in [1.165, 1.54) is 13.0 Å². The molecule has 0 bridgehead atoms. The maximum Gasteiger partial charge on any atom is 0.340 e. The van der Waals surface area contributed by atoms with Gasteiger partial charge < -0.3 is 10.4 Å². The highest BCUT2D eigenvalue weighted by atomic mass is 19.1. The Morgan fingerprint density at radius 3 is 2.71 bits per heavy atom. The van der Waals surface area contributed by atoms with Gasteiger partial charge in [0.2, 0.25) is 5.91 Å². The molecule has 1 aromatic rings. The lowest BCUT2D eigenvalue weighted by atomic mass is 10.1. The molecule has 0 heterocycles. The Labute approximate surface area is 96.5 Å². The summed E-state index contributed by atoms with van der Waals surface area (Å²) in [5.41, 5.74) is -0.302. The number of hydrogen-bond donors (Lipinski definition) is 2. The van der Waals surface area contributed by atoms with Crippen LogP contribution in [0.2, 0.25) is 0 Å². The maximum absolute atomic E-state index is 13.3. The number of carboxylic acid groups (broad SMARTS) is 1. The summed E-state index contributed by atoms with van der Waals surface area (Å²) in [6, 6.07) is 3.98. The molecule has 0 aliphatic heterocycles. The number of benzene rings is 1. The highest BCUT2D eigenvalue weighted by Crippen LogP contribution is 2.23. The molecule has 0 radical (unpaired) electrons. The number of nitrogens with zero attached hydrogens (tertiary/aromatic N) is 1. The average Bonchev–Trinajstić information content (AvgIpc) is 2.23. The fourth-order valence-electron chi connectivity index (χ4n) is 1.31. The molecule has 1 amide bonds. The number of nitriles is 1. The summed E-state index contributed by atoms with van der Waals surface area (Å²) in [6.45, 7) is 1.54. The summed E-state index contributed by atoms with van der Waals surface area (Å²) in [5.74, 6) is -3.09. The lowest BCUT2D eigenvalue weighted by Gasteiger charge is -2.11. The lowest BCUT2D eigenvalue weighted by Crippen LogP contribution is -2.16. The fraction of sp³-hybridized carbons (Fsp3) is 0.182. The monoisotopic (exact) mass is 236 g/mol. The molecule has 0 atom stereocenters. The largest absolute Gasteiger partial charge is 0.478 e. The highest BCUT2D eigenvalue weighted by molar-refractivity contribution is 6.02. The number of carbonyl (C=O) groups excluding carboxylic acids is 1. The molecule has 0 unspecified atom stereocenters. The van der Waals surface area contributed by atoms with Gasteiger partial charge in [-0.25, -0.2) is 9.18 Å². The number of hydrogen-bond acceptors (Lipinski definition) is 3. The molecule has 0 aliphatic carbocycles. The van der Waals surface area contributed by atoms with E-state index >= 15 is 0 Å². The van der Waals surface area contributed by atoms with Gasteiger partial charge in [-0.1, -0.05) is 6.07 Å². The zero-order valence-corrected chi connectivity index (χ0v) is 8.95. The summed E-state index contributed by atoms with van der Waals surface area (Å²) in [7, 11) is 0. The van der Waals surface area contributed by atoms with Gasteiger partial charge in [0.05, 0.1) is 11.8 Å². The first kappa shape index (κ1) is 12.6. The van der Waals surface area contributed by atoms with Crippen molar-refractivity contribution >= 4 is 17.6 Å². The fourth-order valence-corrected chi connectivity index (χ4v) is 1.31. The Morgan fingerprint density at radius 1 is 1.53 bits per heavy atom. The normalized spacial score (nSPS) is 9.47. The molecule has 0 saturated heterocycles. The first-order chi connectivity index (χ1) is 7.97. The number of amides is 1. The summed E-state index contributed by atoms with van der Waals surface area (Å²) in [6.07, 6.45) is -0.422. The van der Waals surface area contributed by atoms with Crippen LogP contribution >= 0.6 is 0 Å². The van der Waals surface area contributed by atoms with Crippen molar-refractivity contribution in [2.75, 3.05) is 5.32 Å². The Kier molecular flexibility index (Phi) is 3.78. The number of rotatable bonds is 3. The Balaban J connectivity index is 3.22. The Morgan fingerprint density at radius 2 is 2.18 bits per heavy atom.